The third-order valence-electron chi connectivity index (χ3n) is 3.64. The van der Waals surface area contributed by atoms with Crippen molar-refractivity contribution in [2.24, 2.45) is 16.9 Å². The lowest BCUT2D eigenvalue weighted by atomic mass is 9.71. The molecule has 0 atom stereocenters. The summed E-state index contributed by atoms with van der Waals surface area (Å²) in [6.45, 7) is 4.52. The largest absolute Gasteiger partial charge is 0.306 e. The summed E-state index contributed by atoms with van der Waals surface area (Å²) in [5.74, 6) is 0. The van der Waals surface area contributed by atoms with Crippen LogP contribution in [0.5, 0.6) is 0 Å². The molecule has 0 aromatic heterocycles. The van der Waals surface area contributed by atoms with E-state index in [0.717, 1.165) is 12.0 Å². The van der Waals surface area contributed by atoms with Crippen molar-refractivity contribution in [1.82, 2.24) is 0 Å². The van der Waals surface area contributed by atoms with Crippen LogP contribution < -0.4 is 11.5 Å². The second-order valence-corrected chi connectivity index (χ2v) is 5.87. The topological polar surface area (TPSA) is 52.0 Å². The van der Waals surface area contributed by atoms with E-state index >= 15 is 0 Å². The van der Waals surface area contributed by atoms with Crippen LogP contribution in [0.2, 0.25) is 0 Å². The number of benzene rings is 1. The van der Waals surface area contributed by atoms with E-state index in [4.69, 9.17) is 11.5 Å². The van der Waals surface area contributed by atoms with Crippen LogP contribution in [0.1, 0.15) is 30.5 Å². The molecule has 0 radical (unpaired) electrons. The number of hydrogen-bond acceptors (Lipinski definition) is 2. The molecule has 0 unspecified atom stereocenters. The summed E-state index contributed by atoms with van der Waals surface area (Å²) in [6, 6.07) is 6.28. The monoisotopic (exact) mass is 226 g/mol. The lowest BCUT2D eigenvalue weighted by Gasteiger charge is -2.36. The predicted octanol–water partition coefficient (Wildman–Crippen LogP) is 2.29. The molecule has 0 spiro atoms. The van der Waals surface area contributed by atoms with Gasteiger partial charge in [-0.2, -0.15) is 0 Å². The van der Waals surface area contributed by atoms with Gasteiger partial charge in [-0.1, -0.05) is 44.2 Å². The molecule has 1 aromatic carbocycles. The second kappa shape index (κ2) is 3.09. The molecule has 88 valence electrons. The third kappa shape index (κ3) is 1.56. The van der Waals surface area contributed by atoms with Crippen molar-refractivity contribution in [3.05, 3.63) is 53.1 Å². The minimum atomic E-state index is -0.829. The summed E-state index contributed by atoms with van der Waals surface area (Å²) in [5.41, 5.74) is 16.5. The number of rotatable bonds is 0. The molecular weight excluding hydrogens is 208 g/mol. The van der Waals surface area contributed by atoms with E-state index in [1.54, 1.807) is 0 Å². The van der Waals surface area contributed by atoms with Gasteiger partial charge >= 0.3 is 0 Å². The fourth-order valence-corrected chi connectivity index (χ4v) is 2.93. The summed E-state index contributed by atoms with van der Waals surface area (Å²) in [7, 11) is 0. The Morgan fingerprint density at radius 1 is 1.18 bits per heavy atom. The van der Waals surface area contributed by atoms with Crippen LogP contribution in [0.25, 0.3) is 5.57 Å². The van der Waals surface area contributed by atoms with Gasteiger partial charge in [0.05, 0.1) is 0 Å². The van der Waals surface area contributed by atoms with Gasteiger partial charge in [0.1, 0.15) is 5.66 Å². The molecule has 2 aliphatic rings. The standard InChI is InChI=1S/C15H18N2/c1-14(2)8-10-4-3-5-12-13(10)11(9-14)6-7-15(12,16)17/h3-7,9H,8,16-17H2,1-2H3. The lowest BCUT2D eigenvalue weighted by molar-refractivity contribution is 0.469. The molecule has 0 aliphatic heterocycles. The number of allylic oxidation sites excluding steroid dienone is 3. The van der Waals surface area contributed by atoms with Gasteiger partial charge in [-0.3, -0.25) is 0 Å². The normalized spacial score (nSPS) is 22.9. The van der Waals surface area contributed by atoms with Crippen LogP contribution in [0.15, 0.2) is 36.4 Å². The van der Waals surface area contributed by atoms with E-state index < -0.39 is 5.66 Å². The summed E-state index contributed by atoms with van der Waals surface area (Å²) in [4.78, 5) is 0. The van der Waals surface area contributed by atoms with Crippen molar-refractivity contribution in [2.45, 2.75) is 25.9 Å². The maximum absolute atomic E-state index is 6.13. The fourth-order valence-electron chi connectivity index (χ4n) is 2.93. The fraction of sp³-hybridized carbons (Fsp3) is 0.333. The van der Waals surface area contributed by atoms with Crippen LogP contribution in [-0.4, -0.2) is 0 Å². The first-order valence-corrected chi connectivity index (χ1v) is 6.02. The Morgan fingerprint density at radius 3 is 2.71 bits per heavy atom. The summed E-state index contributed by atoms with van der Waals surface area (Å²) >= 11 is 0. The maximum atomic E-state index is 6.13. The molecule has 4 N–H and O–H groups in total. The van der Waals surface area contributed by atoms with Gasteiger partial charge in [0.2, 0.25) is 0 Å². The van der Waals surface area contributed by atoms with E-state index in [1.807, 2.05) is 12.1 Å². The van der Waals surface area contributed by atoms with E-state index in [1.165, 1.54) is 16.7 Å². The molecule has 17 heavy (non-hydrogen) atoms. The van der Waals surface area contributed by atoms with Crippen LogP contribution in [0.4, 0.5) is 0 Å². The quantitative estimate of drug-likeness (QED) is 0.667. The highest BCUT2D eigenvalue weighted by molar-refractivity contribution is 5.83. The Kier molecular flexibility index (Phi) is 1.96. The Balaban J connectivity index is 2.32. The van der Waals surface area contributed by atoms with Crippen molar-refractivity contribution in [2.75, 3.05) is 0 Å². The minimum Gasteiger partial charge on any atom is -0.306 e. The molecule has 0 fully saturated rings. The highest BCUT2D eigenvalue weighted by Gasteiger charge is 2.33. The average Bonchev–Trinajstić information content (AvgIpc) is 2.22. The van der Waals surface area contributed by atoms with Gasteiger partial charge in [0, 0.05) is 0 Å². The summed E-state index contributed by atoms with van der Waals surface area (Å²) in [5, 5.41) is 0. The van der Waals surface area contributed by atoms with Crippen molar-refractivity contribution < 1.29 is 0 Å². The van der Waals surface area contributed by atoms with Crippen LogP contribution in [0, 0.1) is 5.41 Å². The summed E-state index contributed by atoms with van der Waals surface area (Å²) in [6.07, 6.45) is 7.33. The molecule has 0 saturated heterocycles. The van der Waals surface area contributed by atoms with E-state index in [2.05, 4.69) is 38.1 Å². The lowest BCUT2D eigenvalue weighted by Crippen LogP contribution is -2.46. The van der Waals surface area contributed by atoms with Crippen LogP contribution >= 0.6 is 0 Å². The zero-order chi connectivity index (χ0) is 12.3. The molecule has 0 saturated carbocycles. The SMILES string of the molecule is CC1(C)C=C2C=CC(N)(N)c3cccc(c32)C1. The Morgan fingerprint density at radius 2 is 1.94 bits per heavy atom. The maximum Gasteiger partial charge on any atom is 0.110 e. The van der Waals surface area contributed by atoms with Crippen molar-refractivity contribution >= 4 is 5.57 Å². The van der Waals surface area contributed by atoms with Gasteiger partial charge in [0.15, 0.2) is 0 Å². The summed E-state index contributed by atoms with van der Waals surface area (Å²) < 4.78 is 0. The first-order chi connectivity index (χ1) is 7.89. The van der Waals surface area contributed by atoms with Gasteiger partial charge in [0.25, 0.3) is 0 Å². The number of hydrogen-bond donors (Lipinski definition) is 2. The molecule has 0 amide bonds. The van der Waals surface area contributed by atoms with Gasteiger partial charge in [-0.25, -0.2) is 0 Å². The van der Waals surface area contributed by atoms with E-state index in [-0.39, 0.29) is 5.41 Å². The van der Waals surface area contributed by atoms with E-state index in [9.17, 15) is 0 Å². The second-order valence-electron chi connectivity index (χ2n) is 5.87. The van der Waals surface area contributed by atoms with Crippen molar-refractivity contribution in [3.8, 4) is 0 Å². The van der Waals surface area contributed by atoms with Crippen LogP contribution in [0.3, 0.4) is 0 Å². The van der Waals surface area contributed by atoms with Crippen molar-refractivity contribution in [1.29, 1.82) is 0 Å². The molecular formula is C15H18N2. The first-order valence-electron chi connectivity index (χ1n) is 6.02. The van der Waals surface area contributed by atoms with Crippen LogP contribution in [-0.2, 0) is 12.1 Å². The Hall–Kier alpha value is -1.38. The van der Waals surface area contributed by atoms with Crippen molar-refractivity contribution in [3.63, 3.8) is 0 Å². The van der Waals surface area contributed by atoms with E-state index in [0.29, 0.717) is 0 Å². The Labute approximate surface area is 102 Å². The minimum absolute atomic E-state index is 0.203. The highest BCUT2D eigenvalue weighted by atomic mass is 14.9. The molecule has 2 heteroatoms. The smallest absolute Gasteiger partial charge is 0.110 e. The molecule has 0 heterocycles. The highest BCUT2D eigenvalue weighted by Crippen LogP contribution is 2.42. The van der Waals surface area contributed by atoms with Gasteiger partial charge < -0.3 is 11.5 Å². The first kappa shape index (κ1) is 10.8. The average molecular weight is 226 g/mol. The number of nitrogens with two attached hydrogens (primary N) is 2. The molecule has 1 aromatic rings. The molecule has 0 bridgehead atoms. The molecule has 2 nitrogen and oxygen atoms in total. The zero-order valence-corrected chi connectivity index (χ0v) is 10.3. The van der Waals surface area contributed by atoms with Gasteiger partial charge in [-0.05, 0) is 40.2 Å². The van der Waals surface area contributed by atoms with Gasteiger partial charge in [-0.15, -0.1) is 0 Å². The predicted molar refractivity (Wildman–Crippen MR) is 71.1 cm³/mol. The Bertz CT molecular complexity index is 548. The molecule has 3 rings (SSSR count). The zero-order valence-electron chi connectivity index (χ0n) is 10.3. The molecule has 2 aliphatic carbocycles. The third-order valence-corrected chi connectivity index (χ3v) is 3.64.